The molecule has 0 spiro atoms. The van der Waals surface area contributed by atoms with E-state index in [9.17, 15) is 12.8 Å². The first kappa shape index (κ1) is 15.5. The summed E-state index contributed by atoms with van der Waals surface area (Å²) >= 11 is 3.21. The number of anilines is 1. The lowest BCUT2D eigenvalue weighted by molar-refractivity contribution is 0.598. The first-order valence-corrected chi connectivity index (χ1v) is 8.10. The molecule has 1 N–H and O–H groups in total. The molecule has 4 nitrogen and oxygen atoms in total. The molecule has 0 bridgehead atoms. The van der Waals surface area contributed by atoms with Crippen molar-refractivity contribution in [3.05, 3.63) is 57.8 Å². The fraction of sp³-hybridized carbons (Fsp3) is 0.0714. The van der Waals surface area contributed by atoms with Crippen LogP contribution in [0.15, 0.2) is 45.8 Å². The van der Waals surface area contributed by atoms with Crippen LogP contribution in [0.1, 0.15) is 11.1 Å². The SMILES string of the molecule is Cc1ccc(Br)cc1S(=O)(=O)Nc1ccc(C#N)cc1F. The van der Waals surface area contributed by atoms with Crippen molar-refractivity contribution in [2.45, 2.75) is 11.8 Å². The summed E-state index contributed by atoms with van der Waals surface area (Å²) in [5.74, 6) is -0.801. The Balaban J connectivity index is 2.43. The molecule has 21 heavy (non-hydrogen) atoms. The van der Waals surface area contributed by atoms with E-state index in [1.807, 2.05) is 0 Å². The van der Waals surface area contributed by atoms with E-state index >= 15 is 0 Å². The molecule has 0 amide bonds. The largest absolute Gasteiger partial charge is 0.277 e. The Bertz CT molecular complexity index is 845. The summed E-state index contributed by atoms with van der Waals surface area (Å²) in [4.78, 5) is 0.0561. The molecule has 0 fully saturated rings. The van der Waals surface area contributed by atoms with Crippen molar-refractivity contribution in [1.82, 2.24) is 0 Å². The fourth-order valence-corrected chi connectivity index (χ4v) is 3.58. The van der Waals surface area contributed by atoms with Gasteiger partial charge >= 0.3 is 0 Å². The summed E-state index contributed by atoms with van der Waals surface area (Å²) in [6.07, 6.45) is 0. The molecule has 0 unspecified atom stereocenters. The van der Waals surface area contributed by atoms with Gasteiger partial charge in [-0.05, 0) is 42.8 Å². The smallest absolute Gasteiger partial charge is 0.262 e. The molecule has 0 radical (unpaired) electrons. The van der Waals surface area contributed by atoms with Gasteiger partial charge in [0.1, 0.15) is 5.82 Å². The molecule has 0 saturated heterocycles. The van der Waals surface area contributed by atoms with Crippen molar-refractivity contribution in [3.63, 3.8) is 0 Å². The van der Waals surface area contributed by atoms with Gasteiger partial charge in [0.2, 0.25) is 0 Å². The van der Waals surface area contributed by atoms with Crippen LogP contribution in [0.3, 0.4) is 0 Å². The highest BCUT2D eigenvalue weighted by Gasteiger charge is 2.19. The number of halogens is 2. The molecule has 2 rings (SSSR count). The van der Waals surface area contributed by atoms with E-state index in [-0.39, 0.29) is 16.1 Å². The Kier molecular flexibility index (Phi) is 4.30. The van der Waals surface area contributed by atoms with E-state index in [1.165, 1.54) is 18.2 Å². The zero-order chi connectivity index (χ0) is 15.6. The molecule has 0 aliphatic heterocycles. The van der Waals surface area contributed by atoms with Gasteiger partial charge in [-0.15, -0.1) is 0 Å². The highest BCUT2D eigenvalue weighted by atomic mass is 79.9. The summed E-state index contributed by atoms with van der Waals surface area (Å²) in [5, 5.41) is 8.67. The predicted octanol–water partition coefficient (Wildman–Crippen LogP) is 3.57. The van der Waals surface area contributed by atoms with Crippen molar-refractivity contribution in [2.24, 2.45) is 0 Å². The van der Waals surface area contributed by atoms with Crippen LogP contribution in [0.2, 0.25) is 0 Å². The van der Waals surface area contributed by atoms with Crippen molar-refractivity contribution < 1.29 is 12.8 Å². The third-order valence-electron chi connectivity index (χ3n) is 2.78. The molecule has 0 aromatic heterocycles. The van der Waals surface area contributed by atoms with Crippen LogP contribution < -0.4 is 4.72 Å². The first-order valence-electron chi connectivity index (χ1n) is 5.82. The third kappa shape index (κ3) is 3.40. The average Bonchev–Trinajstić information content (AvgIpc) is 2.43. The van der Waals surface area contributed by atoms with Crippen molar-refractivity contribution in [2.75, 3.05) is 4.72 Å². The second kappa shape index (κ2) is 5.84. The molecular weight excluding hydrogens is 359 g/mol. The van der Waals surface area contributed by atoms with Crippen LogP contribution in [0, 0.1) is 24.1 Å². The van der Waals surface area contributed by atoms with Gasteiger partial charge in [-0.3, -0.25) is 4.72 Å². The molecule has 0 saturated carbocycles. The van der Waals surface area contributed by atoms with Crippen LogP contribution in [-0.4, -0.2) is 8.42 Å². The van der Waals surface area contributed by atoms with Crippen LogP contribution >= 0.6 is 15.9 Å². The van der Waals surface area contributed by atoms with E-state index in [2.05, 4.69) is 20.7 Å². The second-order valence-corrected chi connectivity index (χ2v) is 6.89. The third-order valence-corrected chi connectivity index (χ3v) is 4.78. The number of nitrogens with one attached hydrogen (secondary N) is 1. The molecule has 0 atom stereocenters. The maximum absolute atomic E-state index is 13.8. The van der Waals surface area contributed by atoms with Crippen molar-refractivity contribution in [1.29, 1.82) is 5.26 Å². The molecule has 0 aliphatic carbocycles. The van der Waals surface area contributed by atoms with Crippen LogP contribution in [-0.2, 0) is 10.0 Å². The number of hydrogen-bond donors (Lipinski definition) is 1. The van der Waals surface area contributed by atoms with Gasteiger partial charge in [-0.25, -0.2) is 12.8 Å². The Morgan fingerprint density at radius 1 is 1.24 bits per heavy atom. The fourth-order valence-electron chi connectivity index (χ4n) is 1.73. The topological polar surface area (TPSA) is 70.0 Å². The minimum absolute atomic E-state index is 0.0561. The second-order valence-electron chi connectivity index (χ2n) is 4.32. The maximum Gasteiger partial charge on any atom is 0.262 e. The summed E-state index contributed by atoms with van der Waals surface area (Å²) in [6, 6.07) is 10.1. The van der Waals surface area contributed by atoms with E-state index < -0.39 is 15.8 Å². The van der Waals surface area contributed by atoms with Crippen LogP contribution in [0.25, 0.3) is 0 Å². The number of sulfonamides is 1. The van der Waals surface area contributed by atoms with Gasteiger partial charge < -0.3 is 0 Å². The van der Waals surface area contributed by atoms with Crippen molar-refractivity contribution in [3.8, 4) is 6.07 Å². The lowest BCUT2D eigenvalue weighted by Crippen LogP contribution is -2.15. The average molecular weight is 369 g/mol. The Hall–Kier alpha value is -1.91. The van der Waals surface area contributed by atoms with Gasteiger partial charge in [0.25, 0.3) is 10.0 Å². The van der Waals surface area contributed by atoms with Crippen molar-refractivity contribution >= 4 is 31.6 Å². The van der Waals surface area contributed by atoms with E-state index in [4.69, 9.17) is 5.26 Å². The van der Waals surface area contributed by atoms with E-state index in [1.54, 1.807) is 25.1 Å². The summed E-state index contributed by atoms with van der Waals surface area (Å²) < 4.78 is 41.2. The van der Waals surface area contributed by atoms with Gasteiger partial charge in [0.05, 0.1) is 22.2 Å². The van der Waals surface area contributed by atoms with Crippen LogP contribution in [0.5, 0.6) is 0 Å². The highest BCUT2D eigenvalue weighted by molar-refractivity contribution is 9.10. The number of nitrogens with zero attached hydrogens (tertiary/aromatic N) is 1. The predicted molar refractivity (Wildman–Crippen MR) is 80.8 cm³/mol. The lowest BCUT2D eigenvalue weighted by atomic mass is 10.2. The zero-order valence-corrected chi connectivity index (χ0v) is 13.3. The van der Waals surface area contributed by atoms with Gasteiger partial charge in [0.15, 0.2) is 0 Å². The standard InChI is InChI=1S/C14H10BrFN2O2S/c1-9-2-4-11(15)7-14(9)21(19,20)18-13-5-3-10(8-17)6-12(13)16/h2-7,18H,1H3. The first-order chi connectivity index (χ1) is 9.83. The summed E-state index contributed by atoms with van der Waals surface area (Å²) in [6.45, 7) is 1.65. The number of nitriles is 1. The van der Waals surface area contributed by atoms with Gasteiger partial charge in [0, 0.05) is 4.47 Å². The van der Waals surface area contributed by atoms with Gasteiger partial charge in [-0.1, -0.05) is 22.0 Å². The van der Waals surface area contributed by atoms with E-state index in [0.29, 0.717) is 10.0 Å². The lowest BCUT2D eigenvalue weighted by Gasteiger charge is -2.11. The van der Waals surface area contributed by atoms with E-state index in [0.717, 1.165) is 6.07 Å². The molecule has 0 aliphatic rings. The quantitative estimate of drug-likeness (QED) is 0.899. The maximum atomic E-state index is 13.8. The highest BCUT2D eigenvalue weighted by Crippen LogP contribution is 2.24. The molecule has 0 heterocycles. The minimum Gasteiger partial charge on any atom is -0.277 e. The number of benzene rings is 2. The Morgan fingerprint density at radius 3 is 2.57 bits per heavy atom. The minimum atomic E-state index is -3.91. The normalized spacial score (nSPS) is 11.0. The Labute approximate surface area is 130 Å². The van der Waals surface area contributed by atoms with Gasteiger partial charge in [-0.2, -0.15) is 5.26 Å². The molecule has 2 aromatic carbocycles. The summed E-state index contributed by atoms with van der Waals surface area (Å²) in [7, 11) is -3.91. The summed E-state index contributed by atoms with van der Waals surface area (Å²) in [5.41, 5.74) is 0.460. The number of hydrogen-bond acceptors (Lipinski definition) is 3. The van der Waals surface area contributed by atoms with Crippen LogP contribution in [0.4, 0.5) is 10.1 Å². The molecule has 108 valence electrons. The molecule has 7 heteroatoms. The molecule has 2 aromatic rings. The Morgan fingerprint density at radius 2 is 1.95 bits per heavy atom. The monoisotopic (exact) mass is 368 g/mol. The number of aryl methyl sites for hydroxylation is 1. The number of rotatable bonds is 3. The zero-order valence-electron chi connectivity index (χ0n) is 10.9. The molecular formula is C14H10BrFN2O2S.